The van der Waals surface area contributed by atoms with E-state index in [4.69, 9.17) is 9.47 Å². The number of fused-ring (bicyclic) bond motifs is 2. The van der Waals surface area contributed by atoms with E-state index in [-0.39, 0.29) is 74.6 Å². The summed E-state index contributed by atoms with van der Waals surface area (Å²) in [6, 6.07) is 50.7. The molecule has 4 aliphatic heterocycles. The predicted octanol–water partition coefficient (Wildman–Crippen LogP) is 15.0. The van der Waals surface area contributed by atoms with Gasteiger partial charge in [0.15, 0.2) is 11.6 Å². The van der Waals surface area contributed by atoms with Gasteiger partial charge in [0.05, 0.1) is 58.7 Å². The number of benzene rings is 8. The van der Waals surface area contributed by atoms with E-state index in [0.29, 0.717) is 33.8 Å². The second-order valence-corrected chi connectivity index (χ2v) is 21.4. The van der Waals surface area contributed by atoms with E-state index in [1.165, 1.54) is 39.2 Å². The van der Waals surface area contributed by atoms with Gasteiger partial charge < -0.3 is 59.0 Å². The van der Waals surface area contributed by atoms with E-state index in [1.807, 2.05) is 50.2 Å². The van der Waals surface area contributed by atoms with E-state index >= 15 is 0 Å². The number of aromatic hydroxyl groups is 4. The highest BCUT2D eigenvalue weighted by Crippen LogP contribution is 2.32. The number of nitrogens with zero attached hydrogens (tertiary/aromatic N) is 4. The minimum absolute atomic E-state index is 0. The minimum Gasteiger partial charge on any atom is -0.508 e. The van der Waals surface area contributed by atoms with Crippen molar-refractivity contribution in [3.63, 3.8) is 0 Å². The zero-order chi connectivity index (χ0) is 67.8. The lowest BCUT2D eigenvalue weighted by atomic mass is 9.97. The van der Waals surface area contributed by atoms with Gasteiger partial charge in [-0.1, -0.05) is 103 Å². The van der Waals surface area contributed by atoms with Crippen molar-refractivity contribution in [3.05, 3.63) is 238 Å². The smallest absolute Gasteiger partial charge is 0.346 e. The van der Waals surface area contributed by atoms with Gasteiger partial charge in [0.25, 0.3) is 0 Å². The van der Waals surface area contributed by atoms with E-state index < -0.39 is 47.4 Å². The van der Waals surface area contributed by atoms with E-state index in [0.717, 1.165) is 87.9 Å². The normalized spacial score (nSPS) is 12.4. The molecule has 12 rings (SSSR count). The number of phenols is 4. The van der Waals surface area contributed by atoms with Gasteiger partial charge in [0.1, 0.15) is 23.0 Å². The van der Waals surface area contributed by atoms with Crippen LogP contribution in [-0.4, -0.2) is 134 Å². The molecule has 0 spiro atoms. The van der Waals surface area contributed by atoms with Gasteiger partial charge in [0, 0.05) is 110 Å². The highest BCUT2D eigenvalue weighted by molar-refractivity contribution is 6.17. The lowest BCUT2D eigenvalue weighted by molar-refractivity contribution is 0.0425. The van der Waals surface area contributed by atoms with Crippen molar-refractivity contribution in [2.45, 2.75) is 83.1 Å². The number of cyclic esters (lactones) is 4. The molecule has 0 aromatic heterocycles. The van der Waals surface area contributed by atoms with Gasteiger partial charge >= 0.3 is 35.8 Å². The Balaban J connectivity index is 0.000000314. The summed E-state index contributed by atoms with van der Waals surface area (Å²) in [6.07, 6.45) is 4.81. The van der Waals surface area contributed by atoms with Gasteiger partial charge in [-0.2, -0.15) is 0 Å². The third kappa shape index (κ3) is 20.9. The summed E-state index contributed by atoms with van der Waals surface area (Å²) in [5.41, 5.74) is 6.53. The van der Waals surface area contributed by atoms with E-state index in [1.54, 1.807) is 133 Å². The number of ketones is 2. The topological polar surface area (TPSA) is 267 Å². The quantitative estimate of drug-likeness (QED) is 0.0341. The van der Waals surface area contributed by atoms with Crippen LogP contribution in [-0.2, 0) is 18.9 Å². The Bertz CT molecular complexity index is 3700. The van der Waals surface area contributed by atoms with Crippen LogP contribution < -0.4 is 19.6 Å². The summed E-state index contributed by atoms with van der Waals surface area (Å²) in [5.74, 6) is -3.68. The summed E-state index contributed by atoms with van der Waals surface area (Å²) in [4.78, 5) is 101. The molecule has 20 nitrogen and oxygen atoms in total. The number of carbonyl (C=O) groups is 8. The predicted molar refractivity (Wildman–Crippen MR) is 384 cm³/mol. The van der Waals surface area contributed by atoms with Gasteiger partial charge in [-0.15, -0.1) is 0 Å². The molecule has 0 aliphatic carbocycles. The average Bonchev–Trinajstić information content (AvgIpc) is 1.31. The zero-order valence-electron chi connectivity index (χ0n) is 53.3. The fraction of sp³-hybridized carbons (Fsp3) is 0.282. The first kappa shape index (κ1) is 81.0. The molecule has 0 bridgehead atoms. The lowest BCUT2D eigenvalue weighted by Crippen LogP contribution is -2.21. The van der Waals surface area contributed by atoms with Crippen LogP contribution in [0.3, 0.4) is 0 Å². The monoisotopic (exact) mass is 1340 g/mol. The maximum Gasteiger partial charge on any atom is 0.346 e. The standard InChI is InChI=1S/C19H19NO4.C19H21NO4.C10H13NO.C10H15NO.2C8H4O3.4CH4/c1-24-19(23)15-7-3-2-6-14(15)18(22)16-9-8-13(12-17(16)21)20-10-4-5-11-20;1-4-20(5-2)13-10-11-16(17(21)12-13)18(22)14-8-6-7-9-15(14)19(23)24-3;12-10-5-3-4-9(8-10)11-6-1-2-7-11;1-3-11(4-2)9-6-5-7-10(12)8-9;2*9-7-5-3-1-2-4-6(5)8(10)11-7;;;;/h2-3,6-9,12,21H,4-5,10-11H2,1H3;6-12,21H,4-5H2,1-3H3;3-5,8,12H,1-2,6-7H2;5-8,12H,3-4H2,1-2H3;2*1-4H;4*1H4. The van der Waals surface area contributed by atoms with Crippen molar-refractivity contribution in [1.29, 1.82) is 0 Å². The molecule has 4 N–H and O–H groups in total. The fourth-order valence-electron chi connectivity index (χ4n) is 10.6. The number of rotatable bonds is 14. The molecule has 0 radical (unpaired) electrons. The first-order valence-corrected chi connectivity index (χ1v) is 30.7. The second kappa shape index (κ2) is 39.6. The first-order valence-electron chi connectivity index (χ1n) is 30.7. The van der Waals surface area contributed by atoms with Crippen LogP contribution in [0.5, 0.6) is 23.0 Å². The molecule has 20 heteroatoms. The van der Waals surface area contributed by atoms with Crippen LogP contribution in [0.1, 0.15) is 177 Å². The van der Waals surface area contributed by atoms with Gasteiger partial charge in [-0.05, 0) is 138 Å². The molecule has 0 atom stereocenters. The highest BCUT2D eigenvalue weighted by Gasteiger charge is 2.30. The third-order valence-corrected chi connectivity index (χ3v) is 15.6. The van der Waals surface area contributed by atoms with Crippen molar-refractivity contribution in [2.24, 2.45) is 0 Å². The number of esters is 6. The number of ether oxygens (including phenoxy) is 4. The molecule has 520 valence electrons. The Labute approximate surface area is 575 Å². The molecule has 8 aromatic rings. The van der Waals surface area contributed by atoms with Crippen molar-refractivity contribution in [3.8, 4) is 23.0 Å². The molecule has 2 saturated heterocycles. The molecular weight excluding hydrogens is 1250 g/mol. The van der Waals surface area contributed by atoms with Crippen LogP contribution in [0.25, 0.3) is 0 Å². The van der Waals surface area contributed by atoms with E-state index in [9.17, 15) is 58.8 Å². The number of methoxy groups -OCH3 is 2. The number of hydrogen-bond acceptors (Lipinski definition) is 20. The Morgan fingerprint density at radius 3 is 1.05 bits per heavy atom. The van der Waals surface area contributed by atoms with Crippen molar-refractivity contribution >= 4 is 70.1 Å². The van der Waals surface area contributed by atoms with Crippen molar-refractivity contribution < 1.29 is 77.7 Å². The summed E-state index contributed by atoms with van der Waals surface area (Å²) in [7, 11) is 2.53. The molecule has 98 heavy (non-hydrogen) atoms. The Hall–Kier alpha value is -11.3. The van der Waals surface area contributed by atoms with E-state index in [2.05, 4.69) is 42.9 Å². The maximum absolute atomic E-state index is 12.8. The second-order valence-electron chi connectivity index (χ2n) is 21.4. The molecular formula is C78H92N4O16. The summed E-state index contributed by atoms with van der Waals surface area (Å²) >= 11 is 0. The molecule has 4 heterocycles. The Morgan fingerprint density at radius 1 is 0.378 bits per heavy atom. The molecule has 4 aliphatic rings. The number of anilines is 4. The Morgan fingerprint density at radius 2 is 0.704 bits per heavy atom. The van der Waals surface area contributed by atoms with Crippen LogP contribution >= 0.6 is 0 Å². The maximum atomic E-state index is 12.8. The van der Waals surface area contributed by atoms with Gasteiger partial charge in [0.2, 0.25) is 0 Å². The van der Waals surface area contributed by atoms with Gasteiger partial charge in [-0.3, -0.25) is 9.59 Å². The van der Waals surface area contributed by atoms with Crippen LogP contribution in [0, 0.1) is 0 Å². The summed E-state index contributed by atoms with van der Waals surface area (Å²) in [5, 5.41) is 39.1. The van der Waals surface area contributed by atoms with Crippen LogP contribution in [0.4, 0.5) is 22.7 Å². The first-order chi connectivity index (χ1) is 45.4. The molecule has 0 saturated carbocycles. The van der Waals surface area contributed by atoms with Crippen LogP contribution in [0.15, 0.2) is 182 Å². The summed E-state index contributed by atoms with van der Waals surface area (Å²) < 4.78 is 18.1. The third-order valence-electron chi connectivity index (χ3n) is 15.6. The SMILES string of the molecule is C.C.C.C.CCN(CC)c1ccc(C(=O)c2ccccc2C(=O)OC)c(O)c1.CCN(CC)c1cccc(O)c1.COC(=O)c1ccccc1C(=O)c1ccc(N2CCCC2)cc1O.O=C1OC(=O)c2ccccc21.O=C1OC(=O)c2ccccc21.Oc1cccc(N2CCCC2)c1. The number of hydrogen-bond donors (Lipinski definition) is 4. The minimum atomic E-state index is -0.585. The Kier molecular flexibility index (Phi) is 32.7. The summed E-state index contributed by atoms with van der Waals surface area (Å²) in [6.45, 7) is 16.0. The lowest BCUT2D eigenvalue weighted by Gasteiger charge is -2.21. The molecule has 0 unspecified atom stereocenters. The molecule has 8 aromatic carbocycles. The van der Waals surface area contributed by atoms with Crippen molar-refractivity contribution in [2.75, 3.05) is 86.2 Å². The molecule has 0 amide bonds. The zero-order valence-corrected chi connectivity index (χ0v) is 53.3. The fourth-order valence-corrected chi connectivity index (χ4v) is 10.6. The van der Waals surface area contributed by atoms with Crippen molar-refractivity contribution in [1.82, 2.24) is 0 Å². The molecule has 2 fully saturated rings. The highest BCUT2D eigenvalue weighted by atomic mass is 16.6. The number of carbonyl (C=O) groups excluding carboxylic acids is 8. The van der Waals surface area contributed by atoms with Gasteiger partial charge in [-0.25, -0.2) is 28.8 Å². The largest absolute Gasteiger partial charge is 0.508 e. The average molecular weight is 1340 g/mol. The van der Waals surface area contributed by atoms with Crippen LogP contribution in [0.2, 0.25) is 0 Å². The number of phenolic OH excluding ortho intramolecular Hbond substituents is 4.